The van der Waals surface area contributed by atoms with Crippen molar-refractivity contribution in [1.82, 2.24) is 14.9 Å². The van der Waals surface area contributed by atoms with Gasteiger partial charge in [-0.1, -0.05) is 32.3 Å². The molecule has 0 unspecified atom stereocenters. The summed E-state index contributed by atoms with van der Waals surface area (Å²) in [6, 6.07) is 12.3. The van der Waals surface area contributed by atoms with Crippen molar-refractivity contribution in [3.63, 3.8) is 0 Å². The maximum absolute atomic E-state index is 11.9. The number of hydrogen-bond donors (Lipinski definition) is 1. The van der Waals surface area contributed by atoms with Crippen molar-refractivity contribution in [2.45, 2.75) is 52.0 Å². The van der Waals surface area contributed by atoms with E-state index in [1.54, 1.807) is 24.5 Å². The van der Waals surface area contributed by atoms with E-state index in [0.717, 1.165) is 63.0 Å². The Morgan fingerprint density at radius 2 is 2.03 bits per heavy atom. The molecule has 0 saturated carbocycles. The van der Waals surface area contributed by atoms with E-state index in [4.69, 9.17) is 4.74 Å². The molecular weight excluding hydrogens is 386 g/mol. The van der Waals surface area contributed by atoms with Crippen molar-refractivity contribution < 1.29 is 9.53 Å². The molecule has 1 N–H and O–H groups in total. The van der Waals surface area contributed by atoms with Gasteiger partial charge in [0.25, 0.3) is 0 Å². The first-order valence-electron chi connectivity index (χ1n) is 11.3. The van der Waals surface area contributed by atoms with Crippen molar-refractivity contribution in [2.75, 3.05) is 13.2 Å². The zero-order valence-corrected chi connectivity index (χ0v) is 18.4. The van der Waals surface area contributed by atoms with Crippen molar-refractivity contribution in [3.8, 4) is 5.75 Å². The number of ether oxygens (including phenoxy) is 1. The number of amides is 1. The number of carbonyl (C=O) groups excluding carboxylic acids is 1. The Hall–Kier alpha value is -3.08. The monoisotopic (exact) mass is 419 g/mol. The number of pyridine rings is 1. The Balaban J connectivity index is 1.30. The van der Waals surface area contributed by atoms with Crippen LogP contribution in [-0.4, -0.2) is 28.6 Å². The molecule has 0 atom stereocenters. The number of hydrogen-bond acceptors (Lipinski definition) is 3. The van der Waals surface area contributed by atoms with Crippen LogP contribution in [0.2, 0.25) is 0 Å². The van der Waals surface area contributed by atoms with Crippen LogP contribution >= 0.6 is 0 Å². The number of aryl methyl sites for hydroxylation is 1. The zero-order chi connectivity index (χ0) is 21.7. The molecule has 2 aromatic heterocycles. The normalized spacial score (nSPS) is 11.3. The number of nitrogens with one attached hydrogen (secondary N) is 1. The van der Waals surface area contributed by atoms with Crippen LogP contribution in [0.3, 0.4) is 0 Å². The topological polar surface area (TPSA) is 56.1 Å². The minimum atomic E-state index is -0.0549. The first-order valence-corrected chi connectivity index (χ1v) is 11.3. The lowest BCUT2D eigenvalue weighted by Gasteiger charge is -2.08. The SMILES string of the molecule is CCCCOc1ccc2c(ccn2CCCCCCNC(=O)/C=C/c2cccnc2)c1. The summed E-state index contributed by atoms with van der Waals surface area (Å²) in [6.45, 7) is 4.68. The lowest BCUT2D eigenvalue weighted by Crippen LogP contribution is -2.21. The molecule has 0 aliphatic heterocycles. The van der Waals surface area contributed by atoms with Gasteiger partial charge in [0.15, 0.2) is 0 Å². The second-order valence-corrected chi connectivity index (χ2v) is 7.76. The Bertz CT molecular complexity index is 963. The number of fused-ring (bicyclic) bond motifs is 1. The minimum Gasteiger partial charge on any atom is -0.494 e. The molecule has 0 radical (unpaired) electrons. The largest absolute Gasteiger partial charge is 0.494 e. The summed E-state index contributed by atoms with van der Waals surface area (Å²) in [6.07, 6.45) is 15.6. The number of rotatable bonds is 13. The van der Waals surface area contributed by atoms with E-state index in [1.165, 1.54) is 10.9 Å². The predicted molar refractivity (Wildman–Crippen MR) is 127 cm³/mol. The molecule has 1 aromatic carbocycles. The highest BCUT2D eigenvalue weighted by molar-refractivity contribution is 5.91. The van der Waals surface area contributed by atoms with Crippen LogP contribution in [-0.2, 0) is 11.3 Å². The molecule has 5 heteroatoms. The number of nitrogens with zero attached hydrogens (tertiary/aromatic N) is 2. The highest BCUT2D eigenvalue weighted by Crippen LogP contribution is 2.23. The fourth-order valence-corrected chi connectivity index (χ4v) is 3.48. The van der Waals surface area contributed by atoms with Crippen molar-refractivity contribution >= 4 is 22.9 Å². The van der Waals surface area contributed by atoms with Crippen LogP contribution in [0.4, 0.5) is 0 Å². The Morgan fingerprint density at radius 3 is 2.87 bits per heavy atom. The molecule has 0 saturated heterocycles. The highest BCUT2D eigenvalue weighted by atomic mass is 16.5. The highest BCUT2D eigenvalue weighted by Gasteiger charge is 2.03. The van der Waals surface area contributed by atoms with E-state index in [9.17, 15) is 4.79 Å². The molecule has 0 fully saturated rings. The number of aromatic nitrogens is 2. The van der Waals surface area contributed by atoms with Crippen molar-refractivity contribution in [3.05, 3.63) is 66.6 Å². The van der Waals surface area contributed by atoms with E-state index in [2.05, 4.69) is 52.3 Å². The second kappa shape index (κ2) is 12.6. The molecule has 3 rings (SSSR count). The number of unbranched alkanes of at least 4 members (excludes halogenated alkanes) is 4. The van der Waals surface area contributed by atoms with E-state index in [-0.39, 0.29) is 5.91 Å². The van der Waals surface area contributed by atoms with Crippen molar-refractivity contribution in [1.29, 1.82) is 0 Å². The summed E-state index contributed by atoms with van der Waals surface area (Å²) in [5.74, 6) is 0.900. The zero-order valence-electron chi connectivity index (χ0n) is 18.4. The van der Waals surface area contributed by atoms with Crippen LogP contribution < -0.4 is 10.1 Å². The third-order valence-corrected chi connectivity index (χ3v) is 5.25. The number of benzene rings is 1. The van der Waals surface area contributed by atoms with E-state index in [1.807, 2.05) is 12.1 Å². The number of carbonyl (C=O) groups is 1. The van der Waals surface area contributed by atoms with Crippen LogP contribution in [0.25, 0.3) is 17.0 Å². The first-order chi connectivity index (χ1) is 15.3. The summed E-state index contributed by atoms with van der Waals surface area (Å²) >= 11 is 0. The molecule has 31 heavy (non-hydrogen) atoms. The van der Waals surface area contributed by atoms with Gasteiger partial charge in [-0.2, -0.15) is 0 Å². The van der Waals surface area contributed by atoms with E-state index >= 15 is 0 Å². The standard InChI is InChI=1S/C26H33N3O2/c1-2-3-19-31-24-11-12-25-23(20-24)14-18-29(25)17-7-5-4-6-16-28-26(30)13-10-22-9-8-15-27-21-22/h8-15,18,20-21H,2-7,16-17,19H2,1H3,(H,28,30)/b13-10+. The molecule has 0 spiro atoms. The summed E-state index contributed by atoms with van der Waals surface area (Å²) in [5, 5.41) is 4.17. The van der Waals surface area contributed by atoms with E-state index in [0.29, 0.717) is 6.54 Å². The van der Waals surface area contributed by atoms with Gasteiger partial charge in [0.2, 0.25) is 5.91 Å². The van der Waals surface area contributed by atoms with Crippen LogP contribution in [0.15, 0.2) is 61.1 Å². The summed E-state index contributed by atoms with van der Waals surface area (Å²) < 4.78 is 8.12. The Morgan fingerprint density at radius 1 is 1.13 bits per heavy atom. The summed E-state index contributed by atoms with van der Waals surface area (Å²) in [4.78, 5) is 15.9. The third-order valence-electron chi connectivity index (χ3n) is 5.25. The molecule has 0 aliphatic carbocycles. The molecule has 1 amide bonds. The Labute approximate surface area is 185 Å². The summed E-state index contributed by atoms with van der Waals surface area (Å²) in [7, 11) is 0. The molecule has 2 heterocycles. The predicted octanol–water partition coefficient (Wildman–Crippen LogP) is 5.61. The molecule has 164 valence electrons. The van der Waals surface area contributed by atoms with Crippen LogP contribution in [0.5, 0.6) is 5.75 Å². The average molecular weight is 420 g/mol. The second-order valence-electron chi connectivity index (χ2n) is 7.76. The minimum absolute atomic E-state index is 0.0549. The van der Waals surface area contributed by atoms with Gasteiger partial charge in [-0.05, 0) is 61.2 Å². The fraction of sp³-hybridized carbons (Fsp3) is 0.385. The average Bonchev–Trinajstić information content (AvgIpc) is 3.20. The van der Waals surface area contributed by atoms with Gasteiger partial charge in [-0.25, -0.2) is 0 Å². The maximum Gasteiger partial charge on any atom is 0.243 e. The maximum atomic E-state index is 11.9. The lowest BCUT2D eigenvalue weighted by molar-refractivity contribution is -0.116. The van der Waals surface area contributed by atoms with Crippen molar-refractivity contribution in [2.24, 2.45) is 0 Å². The summed E-state index contributed by atoms with van der Waals surface area (Å²) in [5.41, 5.74) is 2.19. The molecular formula is C26H33N3O2. The smallest absolute Gasteiger partial charge is 0.243 e. The molecule has 5 nitrogen and oxygen atoms in total. The molecule has 3 aromatic rings. The Kier molecular flexibility index (Phi) is 9.17. The fourth-order valence-electron chi connectivity index (χ4n) is 3.48. The molecule has 0 aliphatic rings. The van der Waals surface area contributed by atoms with Crippen LogP contribution in [0.1, 0.15) is 51.0 Å². The van der Waals surface area contributed by atoms with Gasteiger partial charge in [0.05, 0.1) is 6.61 Å². The quantitative estimate of drug-likeness (QED) is 0.290. The van der Waals surface area contributed by atoms with Gasteiger partial charge >= 0.3 is 0 Å². The van der Waals surface area contributed by atoms with Crippen LogP contribution in [0, 0.1) is 0 Å². The van der Waals surface area contributed by atoms with Gasteiger partial charge in [0, 0.05) is 48.7 Å². The van der Waals surface area contributed by atoms with Gasteiger partial charge in [0.1, 0.15) is 5.75 Å². The van der Waals surface area contributed by atoms with E-state index < -0.39 is 0 Å². The first kappa shape index (κ1) is 22.6. The third kappa shape index (κ3) is 7.59. The van der Waals surface area contributed by atoms with Gasteiger partial charge in [-0.15, -0.1) is 0 Å². The van der Waals surface area contributed by atoms with Gasteiger partial charge in [-0.3, -0.25) is 9.78 Å². The molecule has 0 bridgehead atoms. The lowest BCUT2D eigenvalue weighted by atomic mass is 10.2. The van der Waals surface area contributed by atoms with Gasteiger partial charge < -0.3 is 14.6 Å².